The van der Waals surface area contributed by atoms with Gasteiger partial charge in [0.25, 0.3) is 0 Å². The topological polar surface area (TPSA) is 24.3 Å². The maximum absolute atomic E-state index is 8.14. The second-order valence-electron chi connectivity index (χ2n) is 7.62. The Morgan fingerprint density at radius 1 is 0.964 bits per heavy atom. The minimum Gasteiger partial charge on any atom is -0.353 e. The molecule has 0 saturated carbocycles. The molecule has 0 aliphatic carbocycles. The predicted molar refractivity (Wildman–Crippen MR) is 115 cm³/mol. The van der Waals surface area contributed by atoms with Gasteiger partial charge in [-0.25, -0.2) is 4.98 Å². The molecule has 138 valence electrons. The second kappa shape index (κ2) is 5.38. The zero-order valence-corrected chi connectivity index (χ0v) is 15.8. The number of rotatable bonds is 1. The molecule has 1 aromatic heterocycles. The van der Waals surface area contributed by atoms with Crippen molar-refractivity contribution in [3.05, 3.63) is 77.6 Å². The average molecular weight is 369 g/mol. The highest BCUT2D eigenvalue weighted by Gasteiger charge is 2.35. The van der Waals surface area contributed by atoms with Gasteiger partial charge in [0.15, 0.2) is 0 Å². The van der Waals surface area contributed by atoms with Crippen LogP contribution in [0.15, 0.2) is 60.7 Å². The predicted octanol–water partition coefficient (Wildman–Crippen LogP) is 5.17. The van der Waals surface area contributed by atoms with Gasteiger partial charge in [-0.3, -0.25) is 4.57 Å². The van der Waals surface area contributed by atoms with Crippen LogP contribution in [0.5, 0.6) is 0 Å². The molecule has 4 heteroatoms. The Morgan fingerprint density at radius 3 is 2.61 bits per heavy atom. The van der Waals surface area contributed by atoms with E-state index in [2.05, 4.69) is 34.6 Å². The third kappa shape index (κ3) is 1.87. The molecule has 0 bridgehead atoms. The number of aromatic nitrogens is 2. The van der Waals surface area contributed by atoms with Gasteiger partial charge in [0.2, 0.25) is 0 Å². The number of aryl methyl sites for hydroxylation is 1. The summed E-state index contributed by atoms with van der Waals surface area (Å²) < 4.78 is 26.7. The summed E-state index contributed by atoms with van der Waals surface area (Å²) in [6.07, 6.45) is 0.389. The summed E-state index contributed by atoms with van der Waals surface area (Å²) in [5.74, 6) is 1.02. The Bertz CT molecular complexity index is 1350. The lowest BCUT2D eigenvalue weighted by molar-refractivity contribution is 0.730. The fourth-order valence-corrected chi connectivity index (χ4v) is 4.78. The number of nitrogens with zero attached hydrogens (tertiary/aromatic N) is 4. The fraction of sp³-hybridized carbons (Fsp3) is 0.208. The summed E-state index contributed by atoms with van der Waals surface area (Å²) in [6, 6.07) is 20.3. The summed E-state index contributed by atoms with van der Waals surface area (Å²) in [4.78, 5) is 8.60. The third-order valence-electron chi connectivity index (χ3n) is 6.05. The van der Waals surface area contributed by atoms with Gasteiger partial charge in [-0.1, -0.05) is 30.3 Å². The Labute approximate surface area is 168 Å². The molecule has 0 radical (unpaired) electrons. The van der Waals surface area contributed by atoms with Gasteiger partial charge in [0, 0.05) is 23.1 Å². The number of anilines is 3. The molecular weight excluding hydrogens is 344 g/mol. The van der Waals surface area contributed by atoms with Crippen LogP contribution in [0.4, 0.5) is 17.1 Å². The van der Waals surface area contributed by atoms with E-state index in [0.29, 0.717) is 0 Å². The summed E-state index contributed by atoms with van der Waals surface area (Å²) in [5.41, 5.74) is 8.30. The van der Waals surface area contributed by atoms with E-state index >= 15 is 0 Å². The first-order valence-electron chi connectivity index (χ1n) is 11.1. The molecule has 0 amide bonds. The normalized spacial score (nSPS) is 19.2. The molecule has 2 aliphatic rings. The molecule has 6 rings (SSSR count). The quantitative estimate of drug-likeness (QED) is 0.407. The van der Waals surface area contributed by atoms with Gasteiger partial charge < -0.3 is 9.80 Å². The zero-order chi connectivity index (χ0) is 21.5. The lowest BCUT2D eigenvalue weighted by Gasteiger charge is -2.30. The Kier molecular flexibility index (Phi) is 2.50. The molecule has 3 heterocycles. The van der Waals surface area contributed by atoms with Gasteiger partial charge in [-0.2, -0.15) is 0 Å². The molecule has 4 nitrogen and oxygen atoms in total. The van der Waals surface area contributed by atoms with Gasteiger partial charge >= 0.3 is 0 Å². The maximum Gasteiger partial charge on any atom is 0.119 e. The van der Waals surface area contributed by atoms with Crippen molar-refractivity contribution < 1.29 is 4.11 Å². The van der Waals surface area contributed by atoms with Crippen LogP contribution in [-0.2, 0) is 6.42 Å². The molecule has 0 saturated heterocycles. The van der Waals surface area contributed by atoms with Crippen LogP contribution >= 0.6 is 0 Å². The van der Waals surface area contributed by atoms with E-state index in [0.717, 1.165) is 51.6 Å². The highest BCUT2D eigenvalue weighted by atomic mass is 15.4. The van der Waals surface area contributed by atoms with Crippen LogP contribution in [0.1, 0.15) is 28.0 Å². The Hall–Kier alpha value is -3.27. The van der Waals surface area contributed by atoms with Gasteiger partial charge in [0.1, 0.15) is 12.0 Å². The Balaban J connectivity index is 1.58. The largest absolute Gasteiger partial charge is 0.353 e. The Morgan fingerprint density at radius 2 is 1.75 bits per heavy atom. The van der Waals surface area contributed by atoms with E-state index in [1.807, 2.05) is 49.4 Å². The van der Waals surface area contributed by atoms with Gasteiger partial charge in [0.05, 0.1) is 33.8 Å². The van der Waals surface area contributed by atoms with Crippen LogP contribution in [0.2, 0.25) is 0 Å². The molecule has 0 unspecified atom stereocenters. The summed E-state index contributed by atoms with van der Waals surface area (Å²) in [6.45, 7) is 1.84. The first-order valence-corrected chi connectivity index (χ1v) is 9.63. The smallest absolute Gasteiger partial charge is 0.119 e. The van der Waals surface area contributed by atoms with E-state index in [1.165, 1.54) is 5.56 Å². The molecule has 3 aromatic carbocycles. The molecule has 4 aromatic rings. The zero-order valence-electron chi connectivity index (χ0n) is 18.8. The molecule has 2 aliphatic heterocycles. The molecular formula is C24H22N4. The lowest BCUT2D eigenvalue weighted by Crippen LogP contribution is -2.36. The highest BCUT2D eigenvalue weighted by Crippen LogP contribution is 2.48. The number of imidazole rings is 1. The summed E-state index contributed by atoms with van der Waals surface area (Å²) in [7, 11) is 0. The van der Waals surface area contributed by atoms with Crippen LogP contribution in [-0.4, -0.2) is 22.7 Å². The molecule has 0 N–H and O–H groups in total. The minimum absolute atomic E-state index is 0.334. The maximum atomic E-state index is 8.14. The second-order valence-corrected chi connectivity index (χ2v) is 7.62. The highest BCUT2D eigenvalue weighted by molar-refractivity contribution is 5.88. The van der Waals surface area contributed by atoms with Crippen molar-refractivity contribution in [2.45, 2.75) is 26.4 Å². The average Bonchev–Trinajstić information content (AvgIpc) is 3.35. The van der Waals surface area contributed by atoms with Crippen LogP contribution < -0.4 is 9.80 Å². The van der Waals surface area contributed by atoms with Crippen molar-refractivity contribution in [2.24, 2.45) is 0 Å². The van der Waals surface area contributed by atoms with E-state index < -0.39 is 6.98 Å². The SMILES string of the molecule is [2H]C([2H])([2H])N1c2ccccc2N(c2c(C)ccc3c2Cc2nc4ccccc4n2-3)[C@H]1C. The van der Waals surface area contributed by atoms with E-state index in [1.54, 1.807) is 4.90 Å². The van der Waals surface area contributed by atoms with Crippen molar-refractivity contribution in [1.29, 1.82) is 0 Å². The first-order chi connectivity index (χ1) is 14.9. The van der Waals surface area contributed by atoms with Gasteiger partial charge in [-0.15, -0.1) is 0 Å². The monoisotopic (exact) mass is 369 g/mol. The first kappa shape index (κ1) is 13.0. The van der Waals surface area contributed by atoms with Crippen LogP contribution in [0.25, 0.3) is 16.7 Å². The third-order valence-corrected chi connectivity index (χ3v) is 6.05. The summed E-state index contributed by atoms with van der Waals surface area (Å²) >= 11 is 0. The van der Waals surface area contributed by atoms with Crippen molar-refractivity contribution in [1.82, 2.24) is 9.55 Å². The van der Waals surface area contributed by atoms with E-state index in [4.69, 9.17) is 9.10 Å². The number of benzene rings is 3. The number of fused-ring (bicyclic) bond motifs is 6. The fourth-order valence-electron chi connectivity index (χ4n) is 4.78. The molecule has 1 atom stereocenters. The van der Waals surface area contributed by atoms with E-state index in [9.17, 15) is 0 Å². The van der Waals surface area contributed by atoms with Crippen molar-refractivity contribution in [3.63, 3.8) is 0 Å². The standard InChI is InChI=1S/C24H22N4/c1-15-12-13-19-17(14-23-25-18-8-4-5-9-20(18)28(19)23)24(15)27-16(2)26(3)21-10-6-7-11-22(21)27/h4-13,16H,14H2,1-3H3/t16-/m0/s1/i3D3. The van der Waals surface area contributed by atoms with Crippen molar-refractivity contribution in [2.75, 3.05) is 16.8 Å². The van der Waals surface area contributed by atoms with Crippen molar-refractivity contribution >= 4 is 28.1 Å². The van der Waals surface area contributed by atoms with E-state index in [-0.39, 0.29) is 6.17 Å². The lowest BCUT2D eigenvalue weighted by atomic mass is 10.0. The van der Waals surface area contributed by atoms with Crippen molar-refractivity contribution in [3.8, 4) is 5.69 Å². The van der Waals surface area contributed by atoms with Gasteiger partial charge in [-0.05, 0) is 49.7 Å². The molecule has 0 spiro atoms. The van der Waals surface area contributed by atoms with Crippen LogP contribution in [0.3, 0.4) is 0 Å². The number of para-hydroxylation sites is 4. The number of hydrogen-bond acceptors (Lipinski definition) is 3. The number of hydrogen-bond donors (Lipinski definition) is 0. The molecule has 0 fully saturated rings. The van der Waals surface area contributed by atoms with Crippen LogP contribution in [0, 0.1) is 6.92 Å². The minimum atomic E-state index is -2.22. The molecule has 28 heavy (non-hydrogen) atoms. The summed E-state index contributed by atoms with van der Waals surface area (Å²) in [5, 5.41) is 0.